The molecule has 0 aromatic rings. The fraction of sp³-hybridized carbons (Fsp3) is 0.929. The highest BCUT2D eigenvalue weighted by atomic mass is 35.5. The second kappa shape index (κ2) is 8.08. The monoisotopic (exact) mass is 290 g/mol. The van der Waals surface area contributed by atoms with Crippen molar-refractivity contribution >= 4 is 18.3 Å². The van der Waals surface area contributed by atoms with E-state index in [9.17, 15) is 4.79 Å². The Morgan fingerprint density at radius 1 is 1.37 bits per heavy atom. The minimum atomic E-state index is 0. The van der Waals surface area contributed by atoms with Crippen LogP contribution in [0, 0.1) is 5.92 Å². The zero-order chi connectivity index (χ0) is 13.0. The summed E-state index contributed by atoms with van der Waals surface area (Å²) in [5.74, 6) is 0.847. The number of hydrogen-bond donors (Lipinski definition) is 1. The van der Waals surface area contributed by atoms with Crippen molar-refractivity contribution in [2.45, 2.75) is 51.7 Å². The van der Waals surface area contributed by atoms with Crippen LogP contribution in [0.5, 0.6) is 0 Å². The number of nitrogens with one attached hydrogen (secondary N) is 1. The van der Waals surface area contributed by atoms with Gasteiger partial charge in [-0.1, -0.05) is 20.3 Å². The third kappa shape index (κ3) is 4.93. The number of amides is 1. The number of ether oxygens (including phenoxy) is 1. The Labute approximate surface area is 122 Å². The average molecular weight is 291 g/mol. The molecular weight excluding hydrogens is 264 g/mol. The normalized spacial score (nSPS) is 27.4. The van der Waals surface area contributed by atoms with Crippen LogP contribution in [0.25, 0.3) is 0 Å². The minimum absolute atomic E-state index is 0. The maximum atomic E-state index is 12.3. The van der Waals surface area contributed by atoms with Crippen LogP contribution in [-0.2, 0) is 9.53 Å². The van der Waals surface area contributed by atoms with Crippen LogP contribution in [0.4, 0.5) is 0 Å². The molecule has 0 saturated carbocycles. The highest BCUT2D eigenvalue weighted by Crippen LogP contribution is 2.17. The minimum Gasteiger partial charge on any atom is -0.376 e. The first-order valence-electron chi connectivity index (χ1n) is 7.30. The number of nitrogens with zero attached hydrogens (tertiary/aromatic N) is 1. The van der Waals surface area contributed by atoms with Crippen molar-refractivity contribution in [3.8, 4) is 0 Å². The average Bonchev–Trinajstić information content (AvgIpc) is 2.85. The van der Waals surface area contributed by atoms with Gasteiger partial charge in [-0.2, -0.15) is 0 Å². The van der Waals surface area contributed by atoms with E-state index >= 15 is 0 Å². The fourth-order valence-electron chi connectivity index (χ4n) is 2.68. The first-order chi connectivity index (χ1) is 8.66. The van der Waals surface area contributed by atoms with Crippen LogP contribution in [0.15, 0.2) is 0 Å². The summed E-state index contributed by atoms with van der Waals surface area (Å²) in [5, 5.41) is 3.33. The number of piperidine rings is 1. The summed E-state index contributed by atoms with van der Waals surface area (Å²) in [6, 6.07) is 0.0580. The van der Waals surface area contributed by atoms with Crippen molar-refractivity contribution in [1.82, 2.24) is 10.2 Å². The zero-order valence-corrected chi connectivity index (χ0v) is 12.9. The van der Waals surface area contributed by atoms with E-state index in [1.165, 1.54) is 12.8 Å². The number of rotatable bonds is 4. The number of halogens is 1. The first-order valence-corrected chi connectivity index (χ1v) is 7.30. The Hall–Kier alpha value is -0.320. The zero-order valence-electron chi connectivity index (χ0n) is 12.1. The quantitative estimate of drug-likeness (QED) is 0.859. The van der Waals surface area contributed by atoms with Crippen molar-refractivity contribution in [2.24, 2.45) is 5.92 Å². The lowest BCUT2D eigenvalue weighted by Gasteiger charge is -2.27. The molecule has 0 spiro atoms. The molecule has 2 fully saturated rings. The van der Waals surface area contributed by atoms with Gasteiger partial charge >= 0.3 is 0 Å². The summed E-state index contributed by atoms with van der Waals surface area (Å²) in [6.07, 6.45) is 4.60. The first kappa shape index (κ1) is 16.7. The van der Waals surface area contributed by atoms with Crippen LogP contribution >= 0.6 is 12.4 Å². The van der Waals surface area contributed by atoms with E-state index in [0.29, 0.717) is 5.92 Å². The molecule has 2 rings (SSSR count). The smallest absolute Gasteiger partial charge is 0.239 e. The van der Waals surface area contributed by atoms with Gasteiger partial charge in [0.1, 0.15) is 0 Å². The molecule has 2 unspecified atom stereocenters. The van der Waals surface area contributed by atoms with Gasteiger partial charge in [-0.3, -0.25) is 4.79 Å². The van der Waals surface area contributed by atoms with Gasteiger partial charge in [-0.15, -0.1) is 12.4 Å². The Balaban J connectivity index is 0.00000180. The van der Waals surface area contributed by atoms with Gasteiger partial charge in [0, 0.05) is 19.7 Å². The Morgan fingerprint density at radius 2 is 2.16 bits per heavy atom. The lowest BCUT2D eigenvalue weighted by atomic mass is 10.0. The van der Waals surface area contributed by atoms with Gasteiger partial charge in [0.25, 0.3) is 0 Å². The van der Waals surface area contributed by atoms with E-state index in [1.807, 2.05) is 4.90 Å². The number of likely N-dealkylation sites (tertiary alicyclic amines) is 1. The molecule has 19 heavy (non-hydrogen) atoms. The van der Waals surface area contributed by atoms with E-state index in [-0.39, 0.29) is 30.5 Å². The van der Waals surface area contributed by atoms with Crippen LogP contribution in [-0.4, -0.2) is 49.2 Å². The van der Waals surface area contributed by atoms with Crippen LogP contribution in [0.3, 0.4) is 0 Å². The molecule has 2 aliphatic heterocycles. The topological polar surface area (TPSA) is 41.6 Å². The molecule has 4 nitrogen and oxygen atoms in total. The number of carbonyl (C=O) groups is 1. The van der Waals surface area contributed by atoms with Crippen molar-refractivity contribution in [2.75, 3.05) is 26.2 Å². The Bertz CT molecular complexity index is 281. The molecule has 112 valence electrons. The number of hydrogen-bond acceptors (Lipinski definition) is 3. The van der Waals surface area contributed by atoms with Gasteiger partial charge in [-0.05, 0) is 31.7 Å². The van der Waals surface area contributed by atoms with Gasteiger partial charge in [0.05, 0.1) is 12.1 Å². The molecule has 0 aliphatic carbocycles. The maximum absolute atomic E-state index is 12.3. The van der Waals surface area contributed by atoms with Crippen LogP contribution in [0.1, 0.15) is 39.5 Å². The van der Waals surface area contributed by atoms with E-state index in [0.717, 1.165) is 39.1 Å². The molecule has 0 aromatic carbocycles. The highest BCUT2D eigenvalue weighted by Gasteiger charge is 2.31. The van der Waals surface area contributed by atoms with Crippen LogP contribution < -0.4 is 5.32 Å². The summed E-state index contributed by atoms with van der Waals surface area (Å²) >= 11 is 0. The molecule has 0 bridgehead atoms. The van der Waals surface area contributed by atoms with Crippen molar-refractivity contribution in [1.29, 1.82) is 0 Å². The second-order valence-electron chi connectivity index (χ2n) is 5.92. The molecule has 1 N–H and O–H groups in total. The summed E-state index contributed by atoms with van der Waals surface area (Å²) in [4.78, 5) is 14.3. The lowest BCUT2D eigenvalue weighted by molar-refractivity contribution is -0.133. The van der Waals surface area contributed by atoms with E-state index in [4.69, 9.17) is 4.74 Å². The standard InChI is InChI=1S/C14H26N2O2.ClH/c1-11(2)10-18-12-6-8-16(9-12)14(17)13-5-3-4-7-15-13;/h11-13,15H,3-10H2,1-2H3;1H. The molecule has 2 heterocycles. The van der Waals surface area contributed by atoms with E-state index in [2.05, 4.69) is 19.2 Å². The Kier molecular flexibility index (Phi) is 7.11. The maximum Gasteiger partial charge on any atom is 0.239 e. The highest BCUT2D eigenvalue weighted by molar-refractivity contribution is 5.85. The molecule has 2 aliphatic rings. The summed E-state index contributed by atoms with van der Waals surface area (Å²) in [7, 11) is 0. The summed E-state index contributed by atoms with van der Waals surface area (Å²) < 4.78 is 5.82. The SMILES string of the molecule is CC(C)COC1CCN(C(=O)C2CCCCN2)C1.Cl. The molecule has 2 atom stereocenters. The molecule has 1 amide bonds. The molecule has 5 heteroatoms. The largest absolute Gasteiger partial charge is 0.376 e. The van der Waals surface area contributed by atoms with Gasteiger partial charge in [0.15, 0.2) is 0 Å². The van der Waals surface area contributed by atoms with Crippen molar-refractivity contribution in [3.63, 3.8) is 0 Å². The second-order valence-corrected chi connectivity index (χ2v) is 5.92. The molecule has 0 radical (unpaired) electrons. The van der Waals surface area contributed by atoms with Gasteiger partial charge < -0.3 is 15.0 Å². The van der Waals surface area contributed by atoms with Crippen molar-refractivity contribution < 1.29 is 9.53 Å². The third-order valence-electron chi connectivity index (χ3n) is 3.73. The number of carbonyl (C=O) groups excluding carboxylic acids is 1. The van der Waals surface area contributed by atoms with E-state index < -0.39 is 0 Å². The predicted octanol–water partition coefficient (Wildman–Crippen LogP) is 1.82. The van der Waals surface area contributed by atoms with E-state index in [1.54, 1.807) is 0 Å². The fourth-order valence-corrected chi connectivity index (χ4v) is 2.68. The Morgan fingerprint density at radius 3 is 2.79 bits per heavy atom. The molecule has 0 aromatic heterocycles. The van der Waals surface area contributed by atoms with Gasteiger partial charge in [0.2, 0.25) is 5.91 Å². The molecule has 2 saturated heterocycles. The lowest BCUT2D eigenvalue weighted by Crippen LogP contribution is -2.48. The van der Waals surface area contributed by atoms with Crippen LogP contribution in [0.2, 0.25) is 0 Å². The molecular formula is C14H27ClN2O2. The van der Waals surface area contributed by atoms with Gasteiger partial charge in [-0.25, -0.2) is 0 Å². The predicted molar refractivity (Wildman–Crippen MR) is 78.7 cm³/mol. The summed E-state index contributed by atoms with van der Waals surface area (Å²) in [5.41, 5.74) is 0. The van der Waals surface area contributed by atoms with Crippen molar-refractivity contribution in [3.05, 3.63) is 0 Å². The third-order valence-corrected chi connectivity index (χ3v) is 3.73. The summed E-state index contributed by atoms with van der Waals surface area (Å²) in [6.45, 7) is 7.74.